The van der Waals surface area contributed by atoms with E-state index in [4.69, 9.17) is 4.74 Å². The molecule has 0 spiro atoms. The first kappa shape index (κ1) is 23.2. The molecule has 0 aromatic carbocycles. The second kappa shape index (κ2) is 13.2. The van der Waals surface area contributed by atoms with Gasteiger partial charge in [-0.3, -0.25) is 0 Å². The Hall–Kier alpha value is -0.0400. The van der Waals surface area contributed by atoms with Crippen LogP contribution >= 0.6 is 0 Å². The van der Waals surface area contributed by atoms with Crippen molar-refractivity contribution in [2.45, 2.75) is 141 Å². The smallest absolute Gasteiger partial charge is 0.0679 e. The van der Waals surface area contributed by atoms with Crippen molar-refractivity contribution in [3.8, 4) is 0 Å². The maximum absolute atomic E-state index is 6.08. The molecule has 0 aromatic heterocycles. The van der Waals surface area contributed by atoms with Crippen molar-refractivity contribution in [1.82, 2.24) is 0 Å². The fourth-order valence-corrected chi connectivity index (χ4v) is 6.05. The molecular formula is C26H50O. The molecule has 0 heterocycles. The molecule has 0 atom stereocenters. The summed E-state index contributed by atoms with van der Waals surface area (Å²) in [7, 11) is 1.98. The Bertz CT molecular complexity index is 347. The van der Waals surface area contributed by atoms with Crippen LogP contribution in [0.2, 0.25) is 0 Å². The molecule has 2 fully saturated rings. The summed E-state index contributed by atoms with van der Waals surface area (Å²) in [6.07, 6.45) is 27.2. The summed E-state index contributed by atoms with van der Waals surface area (Å²) in [5.74, 6) is 3.11. The summed E-state index contributed by atoms with van der Waals surface area (Å²) in [6.45, 7) is 4.62. The van der Waals surface area contributed by atoms with E-state index in [1.807, 2.05) is 7.11 Å². The van der Waals surface area contributed by atoms with Crippen molar-refractivity contribution < 1.29 is 4.74 Å². The molecule has 0 radical (unpaired) electrons. The largest absolute Gasteiger partial charge is 0.378 e. The third-order valence-electron chi connectivity index (χ3n) is 8.13. The van der Waals surface area contributed by atoms with Crippen LogP contribution in [0.5, 0.6) is 0 Å². The summed E-state index contributed by atoms with van der Waals surface area (Å²) in [6, 6.07) is 0. The van der Waals surface area contributed by atoms with Gasteiger partial charge in [-0.25, -0.2) is 0 Å². The minimum atomic E-state index is 0.236. The van der Waals surface area contributed by atoms with Crippen LogP contribution in [0, 0.1) is 17.8 Å². The van der Waals surface area contributed by atoms with Gasteiger partial charge in [0, 0.05) is 7.11 Å². The van der Waals surface area contributed by atoms with Gasteiger partial charge in [0.15, 0.2) is 0 Å². The maximum Gasteiger partial charge on any atom is 0.0679 e. The Morgan fingerprint density at radius 3 is 1.81 bits per heavy atom. The fraction of sp³-hybridized carbons (Fsp3) is 1.00. The Kier molecular flexibility index (Phi) is 11.4. The summed E-state index contributed by atoms with van der Waals surface area (Å²) < 4.78 is 6.08. The highest BCUT2D eigenvalue weighted by atomic mass is 16.5. The van der Waals surface area contributed by atoms with Crippen molar-refractivity contribution in [3.63, 3.8) is 0 Å². The minimum absolute atomic E-state index is 0.236. The van der Waals surface area contributed by atoms with E-state index in [2.05, 4.69) is 13.8 Å². The molecule has 160 valence electrons. The van der Waals surface area contributed by atoms with Crippen LogP contribution in [0.1, 0.15) is 136 Å². The van der Waals surface area contributed by atoms with Crippen LogP contribution in [-0.4, -0.2) is 12.7 Å². The average molecular weight is 379 g/mol. The van der Waals surface area contributed by atoms with Gasteiger partial charge in [0.1, 0.15) is 0 Å². The molecule has 0 amide bonds. The quantitative estimate of drug-likeness (QED) is 0.291. The van der Waals surface area contributed by atoms with Gasteiger partial charge in [-0.2, -0.15) is 0 Å². The van der Waals surface area contributed by atoms with Gasteiger partial charge in [-0.1, -0.05) is 90.9 Å². The zero-order valence-corrected chi connectivity index (χ0v) is 19.1. The number of rotatable bonds is 13. The number of ether oxygens (including phenoxy) is 1. The molecule has 0 unspecified atom stereocenters. The van der Waals surface area contributed by atoms with Crippen LogP contribution in [0.15, 0.2) is 0 Å². The number of hydrogen-bond donors (Lipinski definition) is 0. The van der Waals surface area contributed by atoms with Gasteiger partial charge in [0.25, 0.3) is 0 Å². The lowest BCUT2D eigenvalue weighted by Gasteiger charge is -2.43. The number of methoxy groups -OCH3 is 1. The van der Waals surface area contributed by atoms with E-state index in [9.17, 15) is 0 Å². The molecule has 0 saturated heterocycles. The van der Waals surface area contributed by atoms with Crippen molar-refractivity contribution in [3.05, 3.63) is 0 Å². The van der Waals surface area contributed by atoms with E-state index < -0.39 is 0 Å². The van der Waals surface area contributed by atoms with E-state index in [-0.39, 0.29) is 5.60 Å². The molecule has 2 saturated carbocycles. The standard InChI is InChI=1S/C26H50O/c1-4-6-8-10-11-13-23-14-16-24(17-15-23)25-18-21-26(27-3,22-19-25)20-12-9-7-5-2/h23-25H,4-22H2,1-3H3. The van der Waals surface area contributed by atoms with E-state index in [0.717, 1.165) is 17.8 Å². The first-order chi connectivity index (χ1) is 13.2. The van der Waals surface area contributed by atoms with E-state index in [0.29, 0.717) is 0 Å². The van der Waals surface area contributed by atoms with Crippen molar-refractivity contribution in [2.75, 3.05) is 7.11 Å². The maximum atomic E-state index is 6.08. The molecule has 27 heavy (non-hydrogen) atoms. The lowest BCUT2D eigenvalue weighted by atomic mass is 9.67. The zero-order valence-electron chi connectivity index (χ0n) is 19.1. The van der Waals surface area contributed by atoms with E-state index in [1.54, 1.807) is 0 Å². The van der Waals surface area contributed by atoms with Crippen LogP contribution in [0.3, 0.4) is 0 Å². The Morgan fingerprint density at radius 1 is 0.667 bits per heavy atom. The molecule has 0 aromatic rings. The van der Waals surface area contributed by atoms with Crippen LogP contribution in [0.4, 0.5) is 0 Å². The van der Waals surface area contributed by atoms with Crippen LogP contribution in [0.25, 0.3) is 0 Å². The third kappa shape index (κ3) is 8.08. The Morgan fingerprint density at radius 2 is 1.22 bits per heavy atom. The zero-order chi connectivity index (χ0) is 19.4. The first-order valence-corrected chi connectivity index (χ1v) is 12.8. The lowest BCUT2D eigenvalue weighted by molar-refractivity contribution is -0.0639. The monoisotopic (exact) mass is 378 g/mol. The fourth-order valence-electron chi connectivity index (χ4n) is 6.05. The van der Waals surface area contributed by atoms with Gasteiger partial charge in [-0.05, 0) is 62.7 Å². The molecular weight excluding hydrogens is 328 g/mol. The van der Waals surface area contributed by atoms with Crippen LogP contribution < -0.4 is 0 Å². The van der Waals surface area contributed by atoms with E-state index in [1.165, 1.54) is 122 Å². The van der Waals surface area contributed by atoms with Crippen LogP contribution in [-0.2, 0) is 4.74 Å². The molecule has 2 rings (SSSR count). The molecule has 0 bridgehead atoms. The third-order valence-corrected chi connectivity index (χ3v) is 8.13. The summed E-state index contributed by atoms with van der Waals surface area (Å²) in [5, 5.41) is 0. The average Bonchev–Trinajstić information content (AvgIpc) is 2.72. The topological polar surface area (TPSA) is 9.23 Å². The molecule has 0 aliphatic heterocycles. The van der Waals surface area contributed by atoms with Gasteiger partial charge in [0.05, 0.1) is 5.60 Å². The van der Waals surface area contributed by atoms with E-state index >= 15 is 0 Å². The van der Waals surface area contributed by atoms with Crippen molar-refractivity contribution in [1.29, 1.82) is 0 Å². The number of unbranched alkanes of at least 4 members (excludes halogenated alkanes) is 7. The molecule has 0 N–H and O–H groups in total. The Labute approximate surface area is 171 Å². The van der Waals surface area contributed by atoms with Gasteiger partial charge in [0.2, 0.25) is 0 Å². The van der Waals surface area contributed by atoms with Gasteiger partial charge in [-0.15, -0.1) is 0 Å². The van der Waals surface area contributed by atoms with Gasteiger partial charge < -0.3 is 4.74 Å². The lowest BCUT2D eigenvalue weighted by Crippen LogP contribution is -2.38. The SMILES string of the molecule is CCCCCCCC1CCC(C2CCC(CCCCCC)(OC)CC2)CC1. The van der Waals surface area contributed by atoms with Crippen molar-refractivity contribution >= 4 is 0 Å². The van der Waals surface area contributed by atoms with Crippen molar-refractivity contribution in [2.24, 2.45) is 17.8 Å². The summed E-state index contributed by atoms with van der Waals surface area (Å²) in [5.41, 5.74) is 0.236. The first-order valence-electron chi connectivity index (χ1n) is 12.8. The second-order valence-electron chi connectivity index (χ2n) is 10.0. The molecule has 2 aliphatic carbocycles. The predicted octanol–water partition coefficient (Wildman–Crippen LogP) is 8.70. The summed E-state index contributed by atoms with van der Waals surface area (Å²) >= 11 is 0. The van der Waals surface area contributed by atoms with Gasteiger partial charge >= 0.3 is 0 Å². The molecule has 2 aliphatic rings. The normalized spacial score (nSPS) is 31.9. The second-order valence-corrected chi connectivity index (χ2v) is 10.0. The molecule has 1 nitrogen and oxygen atoms in total. The summed E-state index contributed by atoms with van der Waals surface area (Å²) in [4.78, 5) is 0. The predicted molar refractivity (Wildman–Crippen MR) is 119 cm³/mol. The number of hydrogen-bond acceptors (Lipinski definition) is 1. The Balaban J connectivity index is 1.62. The highest BCUT2D eigenvalue weighted by Gasteiger charge is 2.38. The minimum Gasteiger partial charge on any atom is -0.378 e. The highest BCUT2D eigenvalue weighted by molar-refractivity contribution is 4.90. The molecule has 1 heteroatoms. The highest BCUT2D eigenvalue weighted by Crippen LogP contribution is 2.45.